The number of phenols is 1. The number of halogens is 1. The Morgan fingerprint density at radius 3 is 2.61 bits per heavy atom. The topological polar surface area (TPSA) is 107 Å². The van der Waals surface area contributed by atoms with Crippen molar-refractivity contribution in [3.05, 3.63) is 28.2 Å². The van der Waals surface area contributed by atoms with Crippen molar-refractivity contribution in [2.24, 2.45) is 0 Å². The molecule has 7 heteroatoms. The van der Waals surface area contributed by atoms with E-state index in [2.05, 4.69) is 21.2 Å². The number of amides is 1. The van der Waals surface area contributed by atoms with E-state index in [9.17, 15) is 14.7 Å². The first-order chi connectivity index (χ1) is 8.41. The van der Waals surface area contributed by atoms with Crippen LogP contribution in [0.15, 0.2) is 22.7 Å². The molecule has 1 atom stereocenters. The highest BCUT2D eigenvalue weighted by atomic mass is 79.9. The van der Waals surface area contributed by atoms with Gasteiger partial charge >= 0.3 is 5.97 Å². The maximum absolute atomic E-state index is 11.6. The van der Waals surface area contributed by atoms with Crippen molar-refractivity contribution >= 4 is 27.8 Å². The van der Waals surface area contributed by atoms with Gasteiger partial charge in [-0.05, 0) is 18.2 Å². The molecular formula is C11H12BrNO5. The maximum atomic E-state index is 11.6. The van der Waals surface area contributed by atoms with Crippen LogP contribution in [0.25, 0.3) is 0 Å². The molecule has 0 saturated carbocycles. The number of carboxylic acid groups (broad SMARTS) is 1. The monoisotopic (exact) mass is 317 g/mol. The lowest BCUT2D eigenvalue weighted by Gasteiger charge is -2.08. The van der Waals surface area contributed by atoms with Gasteiger partial charge in [-0.2, -0.15) is 0 Å². The Kier molecular flexibility index (Phi) is 5.11. The van der Waals surface area contributed by atoms with Gasteiger partial charge in [-0.25, -0.2) is 4.79 Å². The number of aliphatic hydroxyl groups is 1. The fraction of sp³-hybridized carbons (Fsp3) is 0.273. The molecule has 0 aromatic heterocycles. The summed E-state index contributed by atoms with van der Waals surface area (Å²) in [5.74, 6) is -2.05. The molecule has 0 bridgehead atoms. The van der Waals surface area contributed by atoms with Crippen LogP contribution in [0.4, 0.5) is 0 Å². The molecule has 0 radical (unpaired) electrons. The van der Waals surface area contributed by atoms with Gasteiger partial charge in [0, 0.05) is 17.4 Å². The highest BCUT2D eigenvalue weighted by Gasteiger charge is 2.14. The van der Waals surface area contributed by atoms with Gasteiger partial charge in [-0.1, -0.05) is 15.9 Å². The predicted octanol–water partition coefficient (Wildman–Crippen LogP) is 0.720. The van der Waals surface area contributed by atoms with E-state index in [1.165, 1.54) is 12.1 Å². The number of hydrogen-bond donors (Lipinski definition) is 4. The number of hydrogen-bond acceptors (Lipinski definition) is 4. The van der Waals surface area contributed by atoms with Crippen molar-refractivity contribution < 1.29 is 24.9 Å². The summed E-state index contributed by atoms with van der Waals surface area (Å²) in [7, 11) is 0. The van der Waals surface area contributed by atoms with Crippen LogP contribution >= 0.6 is 15.9 Å². The third-order valence-electron chi connectivity index (χ3n) is 2.19. The fourth-order valence-corrected chi connectivity index (χ4v) is 1.59. The van der Waals surface area contributed by atoms with Crippen molar-refractivity contribution in [3.63, 3.8) is 0 Å². The molecule has 1 aromatic rings. The third-order valence-corrected chi connectivity index (χ3v) is 2.69. The quantitative estimate of drug-likeness (QED) is 0.640. The number of benzene rings is 1. The molecule has 1 unspecified atom stereocenters. The second-order valence-corrected chi connectivity index (χ2v) is 4.48. The van der Waals surface area contributed by atoms with Crippen LogP contribution in [0.2, 0.25) is 0 Å². The van der Waals surface area contributed by atoms with Gasteiger partial charge in [0.1, 0.15) is 5.75 Å². The zero-order chi connectivity index (χ0) is 13.7. The van der Waals surface area contributed by atoms with Crippen molar-refractivity contribution in [1.82, 2.24) is 5.32 Å². The molecule has 4 N–H and O–H groups in total. The summed E-state index contributed by atoms with van der Waals surface area (Å²) in [6, 6.07) is 4.41. The number of carboxylic acids is 1. The Morgan fingerprint density at radius 2 is 2.06 bits per heavy atom. The van der Waals surface area contributed by atoms with Crippen molar-refractivity contribution in [1.29, 1.82) is 0 Å². The first-order valence-corrected chi connectivity index (χ1v) is 5.88. The van der Waals surface area contributed by atoms with Crippen LogP contribution in [-0.4, -0.2) is 39.8 Å². The van der Waals surface area contributed by atoms with Crippen LogP contribution in [0, 0.1) is 0 Å². The lowest BCUT2D eigenvalue weighted by atomic mass is 10.2. The number of carbonyl (C=O) groups excluding carboxylic acids is 1. The van der Waals surface area contributed by atoms with Gasteiger partial charge in [0.25, 0.3) is 5.91 Å². The second-order valence-electron chi connectivity index (χ2n) is 3.56. The lowest BCUT2D eigenvalue weighted by molar-refractivity contribution is -0.146. The molecule has 0 saturated heterocycles. The summed E-state index contributed by atoms with van der Waals surface area (Å²) < 4.78 is 0.637. The number of aliphatic carboxylic acids is 1. The zero-order valence-corrected chi connectivity index (χ0v) is 10.8. The Balaban J connectivity index is 2.53. The summed E-state index contributed by atoms with van der Waals surface area (Å²) in [5, 5.41) is 29.4. The number of rotatable bonds is 5. The molecule has 1 amide bonds. The minimum Gasteiger partial charge on any atom is -0.507 e. The standard InChI is InChI=1S/C11H12BrNO5/c12-6-1-2-7(9(15)5-6)10(16)13-4-3-8(14)11(17)18/h1-2,5,8,14-15H,3-4H2,(H,13,16)(H,17,18). The highest BCUT2D eigenvalue weighted by molar-refractivity contribution is 9.10. The molecular weight excluding hydrogens is 306 g/mol. The molecule has 0 spiro atoms. The maximum Gasteiger partial charge on any atom is 0.332 e. The van der Waals surface area contributed by atoms with E-state index in [0.29, 0.717) is 4.47 Å². The molecule has 98 valence electrons. The Morgan fingerprint density at radius 1 is 1.39 bits per heavy atom. The summed E-state index contributed by atoms with van der Waals surface area (Å²) in [5.41, 5.74) is 0.0861. The van der Waals surface area contributed by atoms with Gasteiger partial charge in [0.05, 0.1) is 5.56 Å². The number of aromatic hydroxyl groups is 1. The predicted molar refractivity (Wildman–Crippen MR) is 66.4 cm³/mol. The molecule has 18 heavy (non-hydrogen) atoms. The van der Waals surface area contributed by atoms with Crippen LogP contribution < -0.4 is 5.32 Å². The molecule has 0 aliphatic heterocycles. The van der Waals surface area contributed by atoms with E-state index in [1.807, 2.05) is 0 Å². The number of carbonyl (C=O) groups is 2. The lowest BCUT2D eigenvalue weighted by Crippen LogP contribution is -2.30. The molecule has 0 heterocycles. The highest BCUT2D eigenvalue weighted by Crippen LogP contribution is 2.21. The van der Waals surface area contributed by atoms with E-state index in [4.69, 9.17) is 10.2 Å². The van der Waals surface area contributed by atoms with Gasteiger partial charge < -0.3 is 20.6 Å². The molecule has 1 aromatic carbocycles. The smallest absolute Gasteiger partial charge is 0.332 e. The summed E-state index contributed by atoms with van der Waals surface area (Å²) in [4.78, 5) is 21.9. The first kappa shape index (κ1) is 14.5. The molecule has 6 nitrogen and oxygen atoms in total. The van der Waals surface area contributed by atoms with Gasteiger partial charge in [0.15, 0.2) is 6.10 Å². The summed E-state index contributed by atoms with van der Waals surface area (Å²) in [6.45, 7) is 0.00179. The third kappa shape index (κ3) is 4.01. The largest absolute Gasteiger partial charge is 0.507 e. The molecule has 0 aliphatic rings. The minimum absolute atomic E-state index is 0.00179. The van der Waals surface area contributed by atoms with Gasteiger partial charge in [-0.15, -0.1) is 0 Å². The summed E-state index contributed by atoms with van der Waals surface area (Å²) >= 11 is 3.14. The van der Waals surface area contributed by atoms with E-state index in [0.717, 1.165) is 0 Å². The average molecular weight is 318 g/mol. The molecule has 0 fully saturated rings. The van der Waals surface area contributed by atoms with E-state index >= 15 is 0 Å². The summed E-state index contributed by atoms with van der Waals surface area (Å²) in [6.07, 6.45) is -1.61. The average Bonchev–Trinajstić information content (AvgIpc) is 2.28. The van der Waals surface area contributed by atoms with Crippen LogP contribution in [0.5, 0.6) is 5.75 Å². The Labute approximate surface area is 111 Å². The van der Waals surface area contributed by atoms with E-state index < -0.39 is 18.0 Å². The molecule has 0 aliphatic carbocycles. The van der Waals surface area contributed by atoms with Crippen molar-refractivity contribution in [2.75, 3.05) is 6.54 Å². The van der Waals surface area contributed by atoms with Crippen LogP contribution in [0.1, 0.15) is 16.8 Å². The Hall–Kier alpha value is -1.60. The van der Waals surface area contributed by atoms with Crippen molar-refractivity contribution in [2.45, 2.75) is 12.5 Å². The van der Waals surface area contributed by atoms with Gasteiger partial charge in [0.2, 0.25) is 0 Å². The first-order valence-electron chi connectivity index (χ1n) is 5.09. The molecule has 1 rings (SSSR count). The zero-order valence-electron chi connectivity index (χ0n) is 9.26. The van der Waals surface area contributed by atoms with Gasteiger partial charge in [-0.3, -0.25) is 4.79 Å². The number of phenolic OH excluding ortho intramolecular Hbond substituents is 1. The number of aliphatic hydroxyl groups excluding tert-OH is 1. The second kappa shape index (κ2) is 6.36. The Bertz CT molecular complexity index is 463. The van der Waals surface area contributed by atoms with Crippen molar-refractivity contribution in [3.8, 4) is 5.75 Å². The van der Waals surface area contributed by atoms with E-state index in [-0.39, 0.29) is 24.3 Å². The fourth-order valence-electron chi connectivity index (χ4n) is 1.24. The minimum atomic E-state index is -1.51. The number of nitrogens with one attached hydrogen (secondary N) is 1. The SMILES string of the molecule is O=C(NCCC(O)C(=O)O)c1ccc(Br)cc1O. The van der Waals surface area contributed by atoms with E-state index in [1.54, 1.807) is 6.07 Å². The normalized spacial score (nSPS) is 11.9. The van der Waals surface area contributed by atoms with Crippen LogP contribution in [0.3, 0.4) is 0 Å². The van der Waals surface area contributed by atoms with Crippen LogP contribution in [-0.2, 0) is 4.79 Å².